The van der Waals surface area contributed by atoms with Crippen LogP contribution in [0.25, 0.3) is 10.9 Å². The third-order valence-electron chi connectivity index (χ3n) is 6.08. The number of rotatable bonds is 1. The third kappa shape index (κ3) is 1.96. The Morgan fingerprint density at radius 2 is 2.00 bits per heavy atom. The van der Waals surface area contributed by atoms with Gasteiger partial charge >= 0.3 is 0 Å². The molecule has 2 saturated heterocycles. The highest BCUT2D eigenvalue weighted by Crippen LogP contribution is 2.48. The number of benzene rings is 1. The minimum Gasteiger partial charge on any atom is -0.372 e. The minimum absolute atomic E-state index is 0.238. The van der Waals surface area contributed by atoms with Crippen molar-refractivity contribution >= 4 is 10.9 Å². The Labute approximate surface area is 141 Å². The van der Waals surface area contributed by atoms with Gasteiger partial charge in [0, 0.05) is 36.5 Å². The number of aliphatic hydroxyl groups is 1. The molecule has 128 valence electrons. The number of nitrogens with zero attached hydrogens (tertiary/aromatic N) is 2. The van der Waals surface area contributed by atoms with Crippen LogP contribution in [0.1, 0.15) is 37.7 Å². The maximum Gasteiger partial charge on any atom is 0.174 e. The Morgan fingerprint density at radius 1 is 1.21 bits per heavy atom. The van der Waals surface area contributed by atoms with Gasteiger partial charge in [0.25, 0.3) is 0 Å². The predicted molar refractivity (Wildman–Crippen MR) is 90.5 cm³/mol. The highest BCUT2D eigenvalue weighted by atomic mass is 16.7. The van der Waals surface area contributed by atoms with Crippen LogP contribution in [0.5, 0.6) is 0 Å². The number of para-hydroxylation sites is 1. The second kappa shape index (κ2) is 5.30. The van der Waals surface area contributed by atoms with Crippen LogP contribution in [0, 0.1) is 5.92 Å². The molecule has 1 N–H and O–H groups in total. The SMILES string of the molecule is CC[C@H]1CN2C[C@@H](O)n3c(cc4ccccc43)[C@@H]2CC12OCCO2. The molecule has 0 aliphatic carbocycles. The maximum absolute atomic E-state index is 10.8. The first-order valence-electron chi connectivity index (χ1n) is 9.02. The largest absolute Gasteiger partial charge is 0.372 e. The predicted octanol–water partition coefficient (Wildman–Crippen LogP) is 2.66. The fourth-order valence-corrected chi connectivity index (χ4v) is 4.95. The van der Waals surface area contributed by atoms with Gasteiger partial charge in [0.2, 0.25) is 0 Å². The summed E-state index contributed by atoms with van der Waals surface area (Å²) in [6.07, 6.45) is 1.38. The molecule has 2 fully saturated rings. The Bertz CT molecular complexity index is 765. The summed E-state index contributed by atoms with van der Waals surface area (Å²) in [5, 5.41) is 12.0. The quantitative estimate of drug-likeness (QED) is 0.874. The lowest BCUT2D eigenvalue weighted by Gasteiger charge is -2.51. The van der Waals surface area contributed by atoms with Gasteiger partial charge in [-0.2, -0.15) is 0 Å². The molecular weight excluding hydrogens is 304 g/mol. The van der Waals surface area contributed by atoms with Crippen molar-refractivity contribution in [3.05, 3.63) is 36.0 Å². The molecule has 0 amide bonds. The topological polar surface area (TPSA) is 46.9 Å². The summed E-state index contributed by atoms with van der Waals surface area (Å²) < 4.78 is 14.4. The molecule has 5 rings (SSSR count). The zero-order valence-corrected chi connectivity index (χ0v) is 14.0. The van der Waals surface area contributed by atoms with E-state index >= 15 is 0 Å². The maximum atomic E-state index is 10.8. The van der Waals surface area contributed by atoms with Crippen LogP contribution >= 0.6 is 0 Å². The standard InChI is InChI=1S/C19H24N2O3/c1-2-14-11-20-12-18(22)21-15-6-4-3-5-13(15)9-16(21)17(20)10-19(14)23-7-8-24-19/h3-6,9,14,17-18,22H,2,7-8,10-12H2,1H3/t14-,17-,18+/m0/s1. The molecule has 1 spiro atoms. The van der Waals surface area contributed by atoms with Gasteiger partial charge in [-0.15, -0.1) is 0 Å². The zero-order chi connectivity index (χ0) is 16.3. The summed E-state index contributed by atoms with van der Waals surface area (Å²) in [4.78, 5) is 2.42. The molecule has 3 aliphatic rings. The second-order valence-electron chi connectivity index (χ2n) is 7.27. The molecule has 1 aromatic heterocycles. The number of ether oxygens (including phenoxy) is 2. The van der Waals surface area contributed by atoms with E-state index < -0.39 is 12.0 Å². The van der Waals surface area contributed by atoms with Gasteiger partial charge in [0.1, 0.15) is 6.23 Å². The van der Waals surface area contributed by atoms with Crippen molar-refractivity contribution in [2.75, 3.05) is 26.3 Å². The molecule has 1 aromatic carbocycles. The minimum atomic E-state index is -0.492. The molecule has 3 aliphatic heterocycles. The van der Waals surface area contributed by atoms with Gasteiger partial charge in [0.05, 0.1) is 24.8 Å². The molecule has 5 nitrogen and oxygen atoms in total. The molecule has 0 bridgehead atoms. The molecule has 0 saturated carbocycles. The van der Waals surface area contributed by atoms with Crippen LogP contribution in [0.15, 0.2) is 30.3 Å². The first-order chi connectivity index (χ1) is 11.7. The van der Waals surface area contributed by atoms with E-state index in [1.807, 2.05) is 6.07 Å². The zero-order valence-electron chi connectivity index (χ0n) is 14.0. The summed E-state index contributed by atoms with van der Waals surface area (Å²) >= 11 is 0. The van der Waals surface area contributed by atoms with E-state index in [0.717, 1.165) is 24.9 Å². The van der Waals surface area contributed by atoms with E-state index in [2.05, 4.69) is 40.7 Å². The summed E-state index contributed by atoms with van der Waals surface area (Å²) in [7, 11) is 0. The van der Waals surface area contributed by atoms with E-state index in [1.165, 1.54) is 11.1 Å². The van der Waals surface area contributed by atoms with E-state index in [1.54, 1.807) is 0 Å². The van der Waals surface area contributed by atoms with Crippen molar-refractivity contribution in [1.82, 2.24) is 9.47 Å². The lowest BCUT2D eigenvalue weighted by molar-refractivity contribution is -0.239. The fourth-order valence-electron chi connectivity index (χ4n) is 4.95. The van der Waals surface area contributed by atoms with Gasteiger partial charge in [0.15, 0.2) is 5.79 Å². The normalized spacial score (nSPS) is 32.2. The van der Waals surface area contributed by atoms with Crippen LogP contribution in [-0.2, 0) is 9.47 Å². The van der Waals surface area contributed by atoms with E-state index in [9.17, 15) is 5.11 Å². The summed E-state index contributed by atoms with van der Waals surface area (Å²) in [5.74, 6) is -0.0844. The Balaban J connectivity index is 1.61. The van der Waals surface area contributed by atoms with Crippen LogP contribution in [-0.4, -0.2) is 46.7 Å². The molecule has 0 radical (unpaired) electrons. The van der Waals surface area contributed by atoms with Gasteiger partial charge in [-0.05, 0) is 18.6 Å². The van der Waals surface area contributed by atoms with Crippen LogP contribution < -0.4 is 0 Å². The number of aromatic nitrogens is 1. The Hall–Kier alpha value is -1.40. The summed E-state index contributed by atoms with van der Waals surface area (Å²) in [6.45, 7) is 5.17. The third-order valence-corrected chi connectivity index (χ3v) is 6.08. The lowest BCUT2D eigenvalue weighted by atomic mass is 9.82. The van der Waals surface area contributed by atoms with Crippen molar-refractivity contribution in [3.8, 4) is 0 Å². The molecule has 4 heterocycles. The van der Waals surface area contributed by atoms with Crippen LogP contribution in [0.3, 0.4) is 0 Å². The van der Waals surface area contributed by atoms with Gasteiger partial charge < -0.3 is 19.1 Å². The van der Waals surface area contributed by atoms with Crippen molar-refractivity contribution in [2.24, 2.45) is 5.92 Å². The van der Waals surface area contributed by atoms with E-state index in [0.29, 0.717) is 25.7 Å². The number of fused-ring (bicyclic) bond motifs is 5. The van der Waals surface area contributed by atoms with Crippen molar-refractivity contribution < 1.29 is 14.6 Å². The summed E-state index contributed by atoms with van der Waals surface area (Å²) in [5.41, 5.74) is 2.29. The number of hydrogen-bond acceptors (Lipinski definition) is 4. The van der Waals surface area contributed by atoms with E-state index in [4.69, 9.17) is 9.47 Å². The monoisotopic (exact) mass is 328 g/mol. The number of hydrogen-bond donors (Lipinski definition) is 1. The van der Waals surface area contributed by atoms with Gasteiger partial charge in [-0.3, -0.25) is 4.90 Å². The Morgan fingerprint density at radius 3 is 2.79 bits per heavy atom. The van der Waals surface area contributed by atoms with E-state index in [-0.39, 0.29) is 6.04 Å². The molecule has 0 unspecified atom stereocenters. The van der Waals surface area contributed by atoms with Gasteiger partial charge in [-0.1, -0.05) is 25.1 Å². The molecule has 5 heteroatoms. The van der Waals surface area contributed by atoms with Crippen LogP contribution in [0.4, 0.5) is 0 Å². The molecule has 3 atom stereocenters. The Kier molecular flexibility index (Phi) is 3.29. The van der Waals surface area contributed by atoms with Crippen molar-refractivity contribution in [3.63, 3.8) is 0 Å². The average molecular weight is 328 g/mol. The number of piperidine rings is 1. The smallest absolute Gasteiger partial charge is 0.174 e. The molecule has 24 heavy (non-hydrogen) atoms. The van der Waals surface area contributed by atoms with Gasteiger partial charge in [-0.25, -0.2) is 0 Å². The lowest BCUT2D eigenvalue weighted by Crippen LogP contribution is -2.56. The van der Waals surface area contributed by atoms with Crippen molar-refractivity contribution in [2.45, 2.75) is 37.8 Å². The first kappa shape index (κ1) is 14.9. The van der Waals surface area contributed by atoms with Crippen LogP contribution in [0.2, 0.25) is 0 Å². The first-order valence-corrected chi connectivity index (χ1v) is 9.02. The molecular formula is C19H24N2O3. The highest BCUT2D eigenvalue weighted by molar-refractivity contribution is 5.81. The van der Waals surface area contributed by atoms with Crippen molar-refractivity contribution in [1.29, 1.82) is 0 Å². The fraction of sp³-hybridized carbons (Fsp3) is 0.579. The summed E-state index contributed by atoms with van der Waals surface area (Å²) in [6, 6.07) is 10.8. The highest BCUT2D eigenvalue weighted by Gasteiger charge is 2.52. The second-order valence-corrected chi connectivity index (χ2v) is 7.27. The average Bonchev–Trinajstić information content (AvgIpc) is 3.21. The number of aliphatic hydroxyl groups excluding tert-OH is 1. The molecule has 2 aromatic rings.